The molecular formula is C24H24O12. The van der Waals surface area contributed by atoms with E-state index in [-0.39, 0.29) is 40.6 Å². The van der Waals surface area contributed by atoms with Crippen LogP contribution in [0, 0.1) is 0 Å². The molecule has 12 nitrogen and oxygen atoms in total. The number of methoxy groups -OCH3 is 2. The Hall–Kier alpha value is -3.55. The van der Waals surface area contributed by atoms with Gasteiger partial charge in [0, 0.05) is 6.07 Å². The molecule has 0 spiro atoms. The average molecular weight is 504 g/mol. The zero-order chi connectivity index (χ0) is 25.6. The minimum atomic E-state index is -1.66. The smallest absolute Gasteiger partial charge is 0.231 e. The van der Waals surface area contributed by atoms with Crippen molar-refractivity contribution in [2.45, 2.75) is 30.7 Å². The number of aliphatic hydroxyl groups is 4. The Morgan fingerprint density at radius 1 is 0.972 bits per heavy atom. The van der Waals surface area contributed by atoms with Gasteiger partial charge in [0.05, 0.1) is 26.4 Å². The molecule has 1 aromatic heterocycles. The van der Waals surface area contributed by atoms with Gasteiger partial charge in [-0.2, -0.15) is 0 Å². The lowest BCUT2D eigenvalue weighted by atomic mass is 9.99. The van der Waals surface area contributed by atoms with Crippen LogP contribution in [0.4, 0.5) is 0 Å². The fraction of sp³-hybridized carbons (Fsp3) is 0.375. The first-order valence-electron chi connectivity index (χ1n) is 11.0. The van der Waals surface area contributed by atoms with Gasteiger partial charge >= 0.3 is 0 Å². The largest absolute Gasteiger partial charge is 0.492 e. The molecule has 5 rings (SSSR count). The van der Waals surface area contributed by atoms with Gasteiger partial charge in [-0.15, -0.1) is 0 Å². The Balaban J connectivity index is 1.58. The maximum Gasteiger partial charge on any atom is 0.231 e. The van der Waals surface area contributed by atoms with E-state index < -0.39 is 42.7 Å². The lowest BCUT2D eigenvalue weighted by Gasteiger charge is -2.39. The molecular weight excluding hydrogens is 480 g/mol. The first-order valence-corrected chi connectivity index (χ1v) is 11.0. The molecule has 0 radical (unpaired) electrons. The summed E-state index contributed by atoms with van der Waals surface area (Å²) >= 11 is 0. The van der Waals surface area contributed by atoms with Crippen molar-refractivity contribution in [1.82, 2.24) is 0 Å². The van der Waals surface area contributed by atoms with Crippen molar-refractivity contribution in [2.75, 3.05) is 27.6 Å². The summed E-state index contributed by atoms with van der Waals surface area (Å²) in [6, 6.07) is 6.41. The third kappa shape index (κ3) is 3.88. The van der Waals surface area contributed by atoms with E-state index in [1.54, 1.807) is 18.2 Å². The van der Waals surface area contributed by atoms with E-state index >= 15 is 0 Å². The third-order valence-electron chi connectivity index (χ3n) is 6.12. The predicted molar refractivity (Wildman–Crippen MR) is 122 cm³/mol. The molecule has 3 heterocycles. The van der Waals surface area contributed by atoms with Gasteiger partial charge in [0.2, 0.25) is 24.3 Å². The summed E-state index contributed by atoms with van der Waals surface area (Å²) < 4.78 is 38.6. The lowest BCUT2D eigenvalue weighted by Crippen LogP contribution is -2.60. The Labute approximate surface area is 203 Å². The van der Waals surface area contributed by atoms with Crippen LogP contribution in [0.2, 0.25) is 0 Å². The van der Waals surface area contributed by atoms with Crippen LogP contribution in [-0.4, -0.2) is 78.8 Å². The molecule has 2 aliphatic heterocycles. The molecule has 1 fully saturated rings. The van der Waals surface area contributed by atoms with Crippen molar-refractivity contribution in [3.63, 3.8) is 0 Å². The van der Waals surface area contributed by atoms with Crippen LogP contribution < -0.4 is 29.1 Å². The molecule has 5 atom stereocenters. The predicted octanol–water partition coefficient (Wildman–Crippen LogP) is 0.385. The van der Waals surface area contributed by atoms with Crippen LogP contribution in [0.5, 0.6) is 28.7 Å². The molecule has 0 aliphatic carbocycles. The molecule has 192 valence electrons. The third-order valence-corrected chi connectivity index (χ3v) is 6.12. The summed E-state index contributed by atoms with van der Waals surface area (Å²) in [6.45, 7) is -0.534. The van der Waals surface area contributed by atoms with Crippen LogP contribution in [0.25, 0.3) is 22.1 Å². The fourth-order valence-corrected chi connectivity index (χ4v) is 4.24. The molecule has 12 heteroatoms. The number of ether oxygens (including phenoxy) is 6. The van der Waals surface area contributed by atoms with E-state index in [0.29, 0.717) is 17.1 Å². The van der Waals surface area contributed by atoms with E-state index in [2.05, 4.69) is 0 Å². The van der Waals surface area contributed by atoms with Gasteiger partial charge < -0.3 is 53.3 Å². The molecule has 36 heavy (non-hydrogen) atoms. The van der Waals surface area contributed by atoms with Crippen molar-refractivity contribution in [1.29, 1.82) is 0 Å². The van der Waals surface area contributed by atoms with Crippen LogP contribution >= 0.6 is 0 Å². The van der Waals surface area contributed by atoms with Crippen molar-refractivity contribution in [3.8, 4) is 39.9 Å². The molecule has 1 saturated heterocycles. The summed E-state index contributed by atoms with van der Waals surface area (Å²) in [6.07, 6.45) is -6.23. The number of aliphatic hydroxyl groups excluding tert-OH is 4. The van der Waals surface area contributed by atoms with Crippen LogP contribution in [0.15, 0.2) is 39.7 Å². The van der Waals surface area contributed by atoms with E-state index in [1.165, 1.54) is 26.5 Å². The minimum absolute atomic E-state index is 0.00269. The first-order chi connectivity index (χ1) is 17.4. The van der Waals surface area contributed by atoms with Crippen molar-refractivity contribution in [2.24, 2.45) is 0 Å². The topological polar surface area (TPSA) is 167 Å². The van der Waals surface area contributed by atoms with Crippen molar-refractivity contribution >= 4 is 11.0 Å². The molecule has 4 N–H and O–H groups in total. The summed E-state index contributed by atoms with van der Waals surface area (Å²) in [5.74, 6) is 1.03. The van der Waals surface area contributed by atoms with Crippen LogP contribution in [0.3, 0.4) is 0 Å². The average Bonchev–Trinajstić information content (AvgIpc) is 3.36. The van der Waals surface area contributed by atoms with E-state index in [9.17, 15) is 25.2 Å². The van der Waals surface area contributed by atoms with Crippen molar-refractivity contribution in [3.05, 3.63) is 40.8 Å². The Morgan fingerprint density at radius 3 is 2.44 bits per heavy atom. The van der Waals surface area contributed by atoms with Gasteiger partial charge in [0.15, 0.2) is 23.0 Å². The molecule has 2 aliphatic rings. The SMILES string of the molecule is COc1c(OC2OC(CO)C(O)C(O)C2O)cc2occ(-c3ccc4c(c3)OCO4)c(=O)c2c1OC. The van der Waals surface area contributed by atoms with Crippen molar-refractivity contribution < 1.29 is 53.3 Å². The van der Waals surface area contributed by atoms with E-state index in [4.69, 9.17) is 32.8 Å². The number of fused-ring (bicyclic) bond motifs is 2. The van der Waals surface area contributed by atoms with Crippen LogP contribution in [0.1, 0.15) is 0 Å². The summed E-state index contributed by atoms with van der Waals surface area (Å²) in [5, 5.41) is 39.9. The quantitative estimate of drug-likeness (QED) is 0.365. The highest BCUT2D eigenvalue weighted by molar-refractivity contribution is 5.91. The maximum atomic E-state index is 13.5. The minimum Gasteiger partial charge on any atom is -0.492 e. The van der Waals surface area contributed by atoms with Gasteiger partial charge in [-0.3, -0.25) is 4.79 Å². The highest BCUT2D eigenvalue weighted by atomic mass is 16.7. The molecule has 3 aromatic rings. The van der Waals surface area contributed by atoms with Gasteiger partial charge in [-0.1, -0.05) is 6.07 Å². The second kappa shape index (κ2) is 9.48. The second-order valence-corrected chi connectivity index (χ2v) is 8.18. The normalized spacial score (nSPS) is 25.1. The Bertz CT molecular complexity index is 1330. The molecule has 0 bridgehead atoms. The number of benzene rings is 2. The highest BCUT2D eigenvalue weighted by Crippen LogP contribution is 2.44. The van der Waals surface area contributed by atoms with Gasteiger partial charge in [-0.25, -0.2) is 0 Å². The van der Waals surface area contributed by atoms with Gasteiger partial charge in [0.25, 0.3) is 0 Å². The fourth-order valence-electron chi connectivity index (χ4n) is 4.24. The molecule has 0 saturated carbocycles. The van der Waals surface area contributed by atoms with Gasteiger partial charge in [-0.05, 0) is 17.7 Å². The first kappa shape index (κ1) is 24.2. The highest BCUT2D eigenvalue weighted by Gasteiger charge is 2.45. The standard InChI is InChI=1S/C24H24O12/c1-30-22-15(35-24-21(29)20(28)19(27)16(7-25)36-24)6-14-17(23(22)31-2)18(26)11(8-32-14)10-3-4-12-13(5-10)34-9-33-12/h3-6,8,16,19-21,24-25,27-29H,7,9H2,1-2H3. The van der Waals surface area contributed by atoms with Gasteiger partial charge in [0.1, 0.15) is 41.6 Å². The number of rotatable bonds is 6. The lowest BCUT2D eigenvalue weighted by molar-refractivity contribution is -0.277. The molecule has 2 aromatic carbocycles. The van der Waals surface area contributed by atoms with E-state index in [1.807, 2.05) is 0 Å². The Kier molecular flexibility index (Phi) is 6.36. The Morgan fingerprint density at radius 2 is 1.72 bits per heavy atom. The second-order valence-electron chi connectivity index (χ2n) is 8.18. The molecule has 5 unspecified atom stereocenters. The summed E-state index contributed by atoms with van der Waals surface area (Å²) in [5.41, 5.74) is 0.452. The maximum absolute atomic E-state index is 13.5. The number of hydrogen-bond donors (Lipinski definition) is 4. The monoisotopic (exact) mass is 504 g/mol. The molecule has 0 amide bonds. The zero-order valence-electron chi connectivity index (χ0n) is 19.2. The summed E-state index contributed by atoms with van der Waals surface area (Å²) in [7, 11) is 2.66. The van der Waals surface area contributed by atoms with E-state index in [0.717, 1.165) is 0 Å². The van der Waals surface area contributed by atoms with Crippen LogP contribution in [-0.2, 0) is 4.74 Å². The zero-order valence-corrected chi connectivity index (χ0v) is 19.2. The summed E-state index contributed by atoms with van der Waals surface area (Å²) in [4.78, 5) is 13.5. The number of hydrogen-bond acceptors (Lipinski definition) is 12.